The minimum atomic E-state index is 0.721. The number of rotatable bonds is 5. The molecule has 2 aliphatic rings. The molecule has 1 saturated carbocycles. The van der Waals surface area contributed by atoms with Gasteiger partial charge in [0.1, 0.15) is 0 Å². The average molecular weight is 239 g/mol. The van der Waals surface area contributed by atoms with Gasteiger partial charge in [0.2, 0.25) is 0 Å². The predicted molar refractivity (Wildman–Crippen MR) is 73.3 cm³/mol. The third-order valence-corrected chi connectivity index (χ3v) is 4.38. The zero-order valence-electron chi connectivity index (χ0n) is 11.8. The molecule has 0 aromatic rings. The molecule has 0 atom stereocenters. The second-order valence-electron chi connectivity index (χ2n) is 6.02. The molecule has 0 aromatic heterocycles. The fourth-order valence-electron chi connectivity index (χ4n) is 3.17. The fraction of sp³-hybridized carbons (Fsp3) is 1.00. The highest BCUT2D eigenvalue weighted by Gasteiger charge is 2.30. The van der Waals surface area contributed by atoms with E-state index in [9.17, 15) is 0 Å². The zero-order valence-corrected chi connectivity index (χ0v) is 11.8. The average Bonchev–Trinajstić information content (AvgIpc) is 2.27. The topological polar surface area (TPSA) is 18.5 Å². The zero-order chi connectivity index (χ0) is 12.3. The molecule has 0 aromatic carbocycles. The molecule has 100 valence electrons. The van der Waals surface area contributed by atoms with Crippen LogP contribution in [0.2, 0.25) is 0 Å². The van der Waals surface area contributed by atoms with Crippen LogP contribution in [0.5, 0.6) is 0 Å². The molecular formula is C14H29N3. The van der Waals surface area contributed by atoms with Crippen molar-refractivity contribution in [1.82, 2.24) is 15.1 Å². The number of nitrogens with zero attached hydrogens (tertiary/aromatic N) is 2. The van der Waals surface area contributed by atoms with E-state index in [0.717, 1.165) is 24.5 Å². The molecule has 1 N–H and O–H groups in total. The van der Waals surface area contributed by atoms with Gasteiger partial charge in [-0.3, -0.25) is 4.90 Å². The molecule has 2 fully saturated rings. The van der Waals surface area contributed by atoms with Crippen LogP contribution in [0.25, 0.3) is 0 Å². The van der Waals surface area contributed by atoms with E-state index in [4.69, 9.17) is 0 Å². The molecule has 0 unspecified atom stereocenters. The Kier molecular flexibility index (Phi) is 4.83. The summed E-state index contributed by atoms with van der Waals surface area (Å²) in [6.07, 6.45) is 2.80. The van der Waals surface area contributed by atoms with E-state index < -0.39 is 0 Å². The van der Waals surface area contributed by atoms with Crippen LogP contribution in [0.3, 0.4) is 0 Å². The summed E-state index contributed by atoms with van der Waals surface area (Å²) in [6.45, 7) is 14.4. The van der Waals surface area contributed by atoms with Crippen LogP contribution in [0.1, 0.15) is 33.6 Å². The van der Waals surface area contributed by atoms with Gasteiger partial charge in [0, 0.05) is 44.8 Å². The second kappa shape index (κ2) is 6.17. The molecule has 3 heteroatoms. The molecule has 1 aliphatic heterocycles. The first-order chi connectivity index (χ1) is 8.19. The van der Waals surface area contributed by atoms with Gasteiger partial charge in [-0.15, -0.1) is 0 Å². The lowest BCUT2D eigenvalue weighted by Gasteiger charge is -2.42. The number of hydrogen-bond acceptors (Lipinski definition) is 3. The van der Waals surface area contributed by atoms with E-state index in [1.54, 1.807) is 0 Å². The number of hydrogen-bond donors (Lipinski definition) is 1. The van der Waals surface area contributed by atoms with Crippen molar-refractivity contribution in [2.75, 3.05) is 39.3 Å². The number of nitrogens with one attached hydrogen (secondary N) is 1. The molecule has 1 saturated heterocycles. The van der Waals surface area contributed by atoms with E-state index in [1.165, 1.54) is 45.6 Å². The summed E-state index contributed by atoms with van der Waals surface area (Å²) in [5.41, 5.74) is 0. The normalized spacial score (nSPS) is 31.8. The van der Waals surface area contributed by atoms with Gasteiger partial charge in [0.25, 0.3) is 0 Å². The van der Waals surface area contributed by atoms with Crippen molar-refractivity contribution >= 4 is 0 Å². The lowest BCUT2D eigenvalue weighted by atomic mass is 9.80. The molecule has 1 heterocycles. The summed E-state index contributed by atoms with van der Waals surface area (Å²) in [4.78, 5) is 5.27. The Morgan fingerprint density at radius 2 is 1.76 bits per heavy atom. The van der Waals surface area contributed by atoms with Crippen molar-refractivity contribution in [1.29, 1.82) is 0 Å². The molecule has 17 heavy (non-hydrogen) atoms. The minimum absolute atomic E-state index is 0.721. The summed E-state index contributed by atoms with van der Waals surface area (Å²) in [5.74, 6) is 0.963. The van der Waals surface area contributed by atoms with Crippen LogP contribution in [0.15, 0.2) is 0 Å². The van der Waals surface area contributed by atoms with Crippen molar-refractivity contribution < 1.29 is 0 Å². The van der Waals surface area contributed by atoms with Gasteiger partial charge in [-0.1, -0.05) is 6.92 Å². The van der Waals surface area contributed by atoms with Crippen LogP contribution < -0.4 is 5.32 Å². The maximum Gasteiger partial charge on any atom is 0.0113 e. The van der Waals surface area contributed by atoms with Crippen molar-refractivity contribution in [2.24, 2.45) is 5.92 Å². The van der Waals surface area contributed by atoms with Crippen LogP contribution in [0.4, 0.5) is 0 Å². The summed E-state index contributed by atoms with van der Waals surface area (Å²) < 4.78 is 0. The van der Waals surface area contributed by atoms with Gasteiger partial charge in [-0.2, -0.15) is 0 Å². The Labute approximate surface area is 107 Å². The first-order valence-electron chi connectivity index (χ1n) is 7.38. The predicted octanol–water partition coefficient (Wildman–Crippen LogP) is 1.40. The summed E-state index contributed by atoms with van der Waals surface area (Å²) in [6, 6.07) is 1.54. The molecule has 0 radical (unpaired) electrons. The quantitative estimate of drug-likeness (QED) is 0.782. The molecule has 0 bridgehead atoms. The third-order valence-electron chi connectivity index (χ3n) is 4.38. The van der Waals surface area contributed by atoms with E-state index in [0.29, 0.717) is 0 Å². The van der Waals surface area contributed by atoms with E-state index in [-0.39, 0.29) is 0 Å². The monoisotopic (exact) mass is 239 g/mol. The highest BCUT2D eigenvalue weighted by molar-refractivity contribution is 4.87. The molecule has 2 rings (SSSR count). The molecule has 3 nitrogen and oxygen atoms in total. The van der Waals surface area contributed by atoms with Gasteiger partial charge >= 0.3 is 0 Å². The van der Waals surface area contributed by atoms with Crippen molar-refractivity contribution in [3.63, 3.8) is 0 Å². The smallest absolute Gasteiger partial charge is 0.0113 e. The highest BCUT2D eigenvalue weighted by Crippen LogP contribution is 2.28. The maximum absolute atomic E-state index is 3.54. The molecule has 1 aliphatic carbocycles. The Morgan fingerprint density at radius 1 is 1.12 bits per heavy atom. The molecule has 0 spiro atoms. The molecular weight excluding hydrogens is 210 g/mol. The standard InChI is InChI=1S/C14H29N3/c1-4-15-14-9-13(10-14)11-16-5-7-17(8-6-16)12(2)3/h12-15H,4-11H2,1-3H3. The van der Waals surface area contributed by atoms with Gasteiger partial charge in [0.15, 0.2) is 0 Å². The Bertz CT molecular complexity index is 216. The SMILES string of the molecule is CCNC1CC(CN2CCN(C(C)C)CC2)C1. The van der Waals surface area contributed by atoms with Crippen LogP contribution in [-0.4, -0.2) is 61.2 Å². The Hall–Kier alpha value is -0.120. The summed E-state index contributed by atoms with van der Waals surface area (Å²) in [7, 11) is 0. The largest absolute Gasteiger partial charge is 0.314 e. The summed E-state index contributed by atoms with van der Waals surface area (Å²) in [5, 5.41) is 3.54. The van der Waals surface area contributed by atoms with E-state index in [1.807, 2.05) is 0 Å². The lowest BCUT2D eigenvalue weighted by Crippen LogP contribution is -2.52. The Balaban J connectivity index is 1.60. The molecule has 0 amide bonds. The maximum atomic E-state index is 3.54. The Morgan fingerprint density at radius 3 is 2.29 bits per heavy atom. The van der Waals surface area contributed by atoms with Gasteiger partial charge in [0.05, 0.1) is 0 Å². The van der Waals surface area contributed by atoms with Crippen molar-refractivity contribution in [3.8, 4) is 0 Å². The summed E-state index contributed by atoms with van der Waals surface area (Å²) >= 11 is 0. The van der Waals surface area contributed by atoms with Gasteiger partial charge < -0.3 is 10.2 Å². The number of piperazine rings is 1. The second-order valence-corrected chi connectivity index (χ2v) is 6.02. The fourth-order valence-corrected chi connectivity index (χ4v) is 3.17. The van der Waals surface area contributed by atoms with Gasteiger partial charge in [-0.25, -0.2) is 0 Å². The van der Waals surface area contributed by atoms with Crippen molar-refractivity contribution in [3.05, 3.63) is 0 Å². The van der Waals surface area contributed by atoms with Crippen LogP contribution in [0, 0.1) is 5.92 Å². The van der Waals surface area contributed by atoms with E-state index in [2.05, 4.69) is 35.9 Å². The van der Waals surface area contributed by atoms with Crippen LogP contribution in [-0.2, 0) is 0 Å². The van der Waals surface area contributed by atoms with Crippen LogP contribution >= 0.6 is 0 Å². The van der Waals surface area contributed by atoms with Gasteiger partial charge in [-0.05, 0) is 39.2 Å². The highest BCUT2D eigenvalue weighted by atomic mass is 15.3. The van der Waals surface area contributed by atoms with E-state index >= 15 is 0 Å². The lowest BCUT2D eigenvalue weighted by molar-refractivity contribution is 0.0751. The first kappa shape index (κ1) is 13.3. The third kappa shape index (κ3) is 3.67. The first-order valence-corrected chi connectivity index (χ1v) is 7.38. The minimum Gasteiger partial charge on any atom is -0.314 e. The van der Waals surface area contributed by atoms with Crippen molar-refractivity contribution in [2.45, 2.75) is 45.7 Å².